The van der Waals surface area contributed by atoms with Crippen molar-refractivity contribution >= 4 is 41.2 Å². The standard InChI is InChI=1S/C27H23N3O6/c1-17-5-3-7-19(13-17)28-24(31)16-36-22-8-4-6-18(14-22)15-23-25(32)29-27(34)30(26(23)33)20-9-11-21(35-2)12-10-20/h3-15H,16H2,1-2H3,(H,28,31)(H,29,32,34)/b23-15+. The normalized spacial score (nSPS) is 14.4. The Balaban J connectivity index is 1.48. The van der Waals surface area contributed by atoms with Gasteiger partial charge in [-0.3, -0.25) is 19.7 Å². The van der Waals surface area contributed by atoms with Crippen LogP contribution in [0.5, 0.6) is 11.5 Å². The van der Waals surface area contributed by atoms with Crippen LogP contribution < -0.4 is 25.0 Å². The number of anilines is 2. The van der Waals surface area contributed by atoms with E-state index in [2.05, 4.69) is 10.6 Å². The molecule has 1 fully saturated rings. The lowest BCUT2D eigenvalue weighted by atomic mass is 10.1. The van der Waals surface area contributed by atoms with Crippen LogP contribution in [-0.4, -0.2) is 37.5 Å². The van der Waals surface area contributed by atoms with Gasteiger partial charge >= 0.3 is 6.03 Å². The van der Waals surface area contributed by atoms with Gasteiger partial charge in [-0.1, -0.05) is 24.3 Å². The van der Waals surface area contributed by atoms with E-state index in [0.717, 1.165) is 10.5 Å². The Morgan fingerprint density at radius 2 is 1.72 bits per heavy atom. The molecule has 0 saturated carbocycles. The number of methoxy groups -OCH3 is 1. The summed E-state index contributed by atoms with van der Waals surface area (Å²) in [6, 6.07) is 19.4. The van der Waals surface area contributed by atoms with Gasteiger partial charge in [0, 0.05) is 5.69 Å². The molecule has 36 heavy (non-hydrogen) atoms. The van der Waals surface area contributed by atoms with Gasteiger partial charge in [0.1, 0.15) is 17.1 Å². The van der Waals surface area contributed by atoms with E-state index in [1.165, 1.54) is 13.2 Å². The molecule has 0 unspecified atom stereocenters. The molecular formula is C27H23N3O6. The van der Waals surface area contributed by atoms with Crippen molar-refractivity contribution < 1.29 is 28.7 Å². The average Bonchev–Trinajstić information content (AvgIpc) is 2.86. The number of carbonyl (C=O) groups is 4. The van der Waals surface area contributed by atoms with Crippen molar-refractivity contribution in [1.29, 1.82) is 0 Å². The SMILES string of the molecule is COc1ccc(N2C(=O)NC(=O)/C(=C\c3cccc(OCC(=O)Nc4cccc(C)c4)c3)C2=O)cc1. The summed E-state index contributed by atoms with van der Waals surface area (Å²) in [7, 11) is 1.50. The number of rotatable bonds is 7. The number of urea groups is 1. The molecule has 0 aliphatic carbocycles. The number of imide groups is 2. The predicted molar refractivity (Wildman–Crippen MR) is 134 cm³/mol. The molecule has 3 aromatic carbocycles. The van der Waals surface area contributed by atoms with Gasteiger partial charge < -0.3 is 14.8 Å². The maximum Gasteiger partial charge on any atom is 0.335 e. The van der Waals surface area contributed by atoms with Crippen LogP contribution in [0.4, 0.5) is 16.2 Å². The van der Waals surface area contributed by atoms with E-state index in [1.807, 2.05) is 25.1 Å². The molecule has 9 heteroatoms. The van der Waals surface area contributed by atoms with Crippen LogP contribution in [0, 0.1) is 6.92 Å². The maximum absolute atomic E-state index is 13.1. The van der Waals surface area contributed by atoms with Crippen molar-refractivity contribution in [2.24, 2.45) is 0 Å². The maximum atomic E-state index is 13.1. The first-order valence-corrected chi connectivity index (χ1v) is 11.0. The van der Waals surface area contributed by atoms with Crippen LogP contribution in [0.1, 0.15) is 11.1 Å². The molecule has 4 rings (SSSR count). The van der Waals surface area contributed by atoms with Crippen LogP contribution >= 0.6 is 0 Å². The van der Waals surface area contributed by atoms with E-state index >= 15 is 0 Å². The summed E-state index contributed by atoms with van der Waals surface area (Å²) < 4.78 is 10.7. The average molecular weight is 485 g/mol. The summed E-state index contributed by atoms with van der Waals surface area (Å²) in [5.74, 6) is -0.980. The number of hydrogen-bond acceptors (Lipinski definition) is 6. The highest BCUT2D eigenvalue weighted by atomic mass is 16.5. The fraction of sp³-hybridized carbons (Fsp3) is 0.111. The van der Waals surface area contributed by atoms with Gasteiger partial charge in [-0.25, -0.2) is 9.69 Å². The molecular weight excluding hydrogens is 462 g/mol. The molecule has 0 radical (unpaired) electrons. The number of hydrogen-bond donors (Lipinski definition) is 2. The number of nitrogens with zero attached hydrogens (tertiary/aromatic N) is 1. The number of nitrogens with one attached hydrogen (secondary N) is 2. The smallest absolute Gasteiger partial charge is 0.335 e. The second-order valence-corrected chi connectivity index (χ2v) is 7.93. The minimum absolute atomic E-state index is 0.222. The Hall–Kier alpha value is -4.92. The third kappa shape index (κ3) is 5.58. The molecule has 1 heterocycles. The highest BCUT2D eigenvalue weighted by Gasteiger charge is 2.36. The number of barbiturate groups is 1. The first-order valence-electron chi connectivity index (χ1n) is 11.0. The van der Waals surface area contributed by atoms with Crippen LogP contribution in [0.2, 0.25) is 0 Å². The Bertz CT molecular complexity index is 1360. The van der Waals surface area contributed by atoms with Gasteiger partial charge in [-0.15, -0.1) is 0 Å². The van der Waals surface area contributed by atoms with Crippen molar-refractivity contribution in [3.63, 3.8) is 0 Å². The van der Waals surface area contributed by atoms with Crippen molar-refractivity contribution in [2.75, 3.05) is 23.9 Å². The Kier molecular flexibility index (Phi) is 7.10. The van der Waals surface area contributed by atoms with Crippen LogP contribution in [0.15, 0.2) is 78.4 Å². The fourth-order valence-corrected chi connectivity index (χ4v) is 3.55. The van der Waals surface area contributed by atoms with E-state index < -0.39 is 17.8 Å². The summed E-state index contributed by atoms with van der Waals surface area (Å²) in [6.07, 6.45) is 1.36. The Morgan fingerprint density at radius 1 is 0.972 bits per heavy atom. The van der Waals surface area contributed by atoms with Crippen molar-refractivity contribution in [3.05, 3.63) is 89.5 Å². The highest BCUT2D eigenvalue weighted by molar-refractivity contribution is 6.39. The second-order valence-electron chi connectivity index (χ2n) is 7.93. The fourth-order valence-electron chi connectivity index (χ4n) is 3.55. The molecule has 0 bridgehead atoms. The van der Waals surface area contributed by atoms with Gasteiger partial charge in [0.2, 0.25) is 0 Å². The van der Waals surface area contributed by atoms with Crippen molar-refractivity contribution in [1.82, 2.24) is 5.32 Å². The number of ether oxygens (including phenoxy) is 2. The summed E-state index contributed by atoms with van der Waals surface area (Å²) in [4.78, 5) is 51.0. The monoisotopic (exact) mass is 485 g/mol. The summed E-state index contributed by atoms with van der Waals surface area (Å²) in [5, 5.41) is 4.94. The van der Waals surface area contributed by atoms with Gasteiger partial charge in [0.25, 0.3) is 17.7 Å². The molecule has 5 amide bonds. The quantitative estimate of drug-likeness (QED) is 0.390. The zero-order valence-corrected chi connectivity index (χ0v) is 19.6. The lowest BCUT2D eigenvalue weighted by Crippen LogP contribution is -2.54. The number of aryl methyl sites for hydroxylation is 1. The molecule has 182 valence electrons. The van der Waals surface area contributed by atoms with E-state index in [1.54, 1.807) is 54.6 Å². The lowest BCUT2D eigenvalue weighted by molar-refractivity contribution is -0.122. The summed E-state index contributed by atoms with van der Waals surface area (Å²) in [6.45, 7) is 1.70. The third-order valence-electron chi connectivity index (χ3n) is 5.27. The number of amides is 5. The van der Waals surface area contributed by atoms with Gasteiger partial charge in [-0.05, 0) is 72.7 Å². The lowest BCUT2D eigenvalue weighted by Gasteiger charge is -2.26. The molecule has 2 N–H and O–H groups in total. The van der Waals surface area contributed by atoms with Crippen LogP contribution in [-0.2, 0) is 14.4 Å². The van der Waals surface area contributed by atoms with Gasteiger partial charge in [0.15, 0.2) is 6.61 Å². The minimum atomic E-state index is -0.843. The minimum Gasteiger partial charge on any atom is -0.497 e. The molecule has 1 saturated heterocycles. The van der Waals surface area contributed by atoms with Crippen molar-refractivity contribution in [3.8, 4) is 11.5 Å². The molecule has 3 aromatic rings. The Morgan fingerprint density at radius 3 is 2.44 bits per heavy atom. The zero-order chi connectivity index (χ0) is 25.7. The molecule has 0 aromatic heterocycles. The van der Waals surface area contributed by atoms with Gasteiger partial charge in [-0.2, -0.15) is 0 Å². The van der Waals surface area contributed by atoms with Gasteiger partial charge in [0.05, 0.1) is 12.8 Å². The molecule has 1 aliphatic rings. The molecule has 0 spiro atoms. The van der Waals surface area contributed by atoms with E-state index in [4.69, 9.17) is 9.47 Å². The first-order chi connectivity index (χ1) is 17.3. The number of carbonyl (C=O) groups excluding carboxylic acids is 4. The van der Waals surface area contributed by atoms with E-state index in [0.29, 0.717) is 22.7 Å². The van der Waals surface area contributed by atoms with Crippen LogP contribution in [0.25, 0.3) is 6.08 Å². The summed E-state index contributed by atoms with van der Waals surface area (Å²) in [5.41, 5.74) is 2.23. The molecule has 0 atom stereocenters. The Labute approximate surface area is 207 Å². The van der Waals surface area contributed by atoms with E-state index in [9.17, 15) is 19.2 Å². The zero-order valence-electron chi connectivity index (χ0n) is 19.6. The summed E-state index contributed by atoms with van der Waals surface area (Å²) >= 11 is 0. The predicted octanol–water partition coefficient (Wildman–Crippen LogP) is 3.69. The van der Waals surface area contributed by atoms with Crippen molar-refractivity contribution in [2.45, 2.75) is 6.92 Å². The van der Waals surface area contributed by atoms with E-state index in [-0.39, 0.29) is 23.8 Å². The number of benzene rings is 3. The topological polar surface area (TPSA) is 114 Å². The second kappa shape index (κ2) is 10.6. The third-order valence-corrected chi connectivity index (χ3v) is 5.27. The largest absolute Gasteiger partial charge is 0.497 e. The first kappa shape index (κ1) is 24.2. The highest BCUT2D eigenvalue weighted by Crippen LogP contribution is 2.25. The van der Waals surface area contributed by atoms with Crippen LogP contribution in [0.3, 0.4) is 0 Å². The molecule has 9 nitrogen and oxygen atoms in total. The molecule has 1 aliphatic heterocycles.